The smallest absolute Gasteiger partial charge is 0.265 e. The van der Waals surface area contributed by atoms with Gasteiger partial charge in [0.05, 0.1) is 13.2 Å². The molecule has 190 valence electrons. The Balaban J connectivity index is 1.53. The van der Waals surface area contributed by atoms with Crippen molar-refractivity contribution in [3.05, 3.63) is 83.4 Å². The van der Waals surface area contributed by atoms with Gasteiger partial charge in [0, 0.05) is 11.6 Å². The number of hydrogen-bond donors (Lipinski definition) is 1. The first-order valence-electron chi connectivity index (χ1n) is 13.2. The summed E-state index contributed by atoms with van der Waals surface area (Å²) in [6.45, 7) is 1.76. The quantitative estimate of drug-likeness (QED) is 0.513. The normalized spacial score (nSPS) is 21.4. The monoisotopic (exact) mass is 496 g/mol. The molecule has 2 amide bonds. The Hall–Kier alpha value is -3.80. The van der Waals surface area contributed by atoms with Crippen molar-refractivity contribution < 1.29 is 19.1 Å². The zero-order valence-electron chi connectivity index (χ0n) is 21.3. The number of fused-ring (bicyclic) bond motifs is 4. The molecule has 2 unspecified atom stereocenters. The predicted molar refractivity (Wildman–Crippen MR) is 141 cm³/mol. The highest BCUT2D eigenvalue weighted by atomic mass is 16.5. The van der Waals surface area contributed by atoms with Gasteiger partial charge in [0.15, 0.2) is 6.10 Å². The molecule has 2 aliphatic carbocycles. The molecule has 0 bridgehead atoms. The number of nitrogens with zero attached hydrogens (tertiary/aromatic N) is 1. The molecule has 6 heteroatoms. The van der Waals surface area contributed by atoms with Crippen LogP contribution in [0.2, 0.25) is 0 Å². The van der Waals surface area contributed by atoms with E-state index in [2.05, 4.69) is 29.6 Å². The van der Waals surface area contributed by atoms with Gasteiger partial charge in [0.1, 0.15) is 17.5 Å². The molecule has 6 nitrogen and oxygen atoms in total. The van der Waals surface area contributed by atoms with E-state index in [4.69, 9.17) is 9.47 Å². The third kappa shape index (κ3) is 4.05. The molecule has 1 N–H and O–H groups in total. The number of rotatable bonds is 4. The lowest BCUT2D eigenvalue weighted by atomic mass is 9.93. The molecular weight excluding hydrogens is 464 g/mol. The Morgan fingerprint density at radius 1 is 0.919 bits per heavy atom. The maximum atomic E-state index is 14.2. The van der Waals surface area contributed by atoms with Crippen LogP contribution in [-0.4, -0.2) is 36.0 Å². The number of benzene rings is 3. The molecule has 3 aromatic carbocycles. The standard InChI is InChI=1S/C31H32N2O4/c1-19-31(35)33(28-24-14-8-6-12-22(24)23-13-7-9-15-25(23)28)29(30(34)32-20-10-4-3-5-11-20)26-18-21(36-2)16-17-27(26)37-19/h6-9,12-20,28-29H,3-5,10-11H2,1-2H3,(H,32,34). The van der Waals surface area contributed by atoms with Crippen LogP contribution in [0.25, 0.3) is 11.1 Å². The summed E-state index contributed by atoms with van der Waals surface area (Å²) in [5, 5.41) is 3.30. The van der Waals surface area contributed by atoms with E-state index in [0.29, 0.717) is 17.1 Å². The van der Waals surface area contributed by atoms with E-state index < -0.39 is 18.2 Å². The summed E-state index contributed by atoms with van der Waals surface area (Å²) < 4.78 is 11.7. The van der Waals surface area contributed by atoms with E-state index in [1.54, 1.807) is 25.0 Å². The van der Waals surface area contributed by atoms with Crippen LogP contribution in [0.5, 0.6) is 11.5 Å². The molecule has 37 heavy (non-hydrogen) atoms. The van der Waals surface area contributed by atoms with Crippen molar-refractivity contribution in [2.75, 3.05) is 7.11 Å². The van der Waals surface area contributed by atoms with E-state index in [1.807, 2.05) is 36.4 Å². The average Bonchev–Trinajstić information content (AvgIpc) is 3.21. The molecule has 0 spiro atoms. The van der Waals surface area contributed by atoms with Crippen molar-refractivity contribution in [2.24, 2.45) is 0 Å². The van der Waals surface area contributed by atoms with Gasteiger partial charge in [-0.1, -0.05) is 67.8 Å². The van der Waals surface area contributed by atoms with Crippen LogP contribution in [0.15, 0.2) is 66.7 Å². The largest absolute Gasteiger partial charge is 0.497 e. The Labute approximate surface area is 217 Å². The van der Waals surface area contributed by atoms with Crippen molar-refractivity contribution in [2.45, 2.75) is 63.3 Å². The number of hydrogen-bond acceptors (Lipinski definition) is 4. The summed E-state index contributed by atoms with van der Waals surface area (Å²) in [6.07, 6.45) is 4.57. The molecule has 3 aliphatic rings. The van der Waals surface area contributed by atoms with E-state index in [9.17, 15) is 9.59 Å². The number of amides is 2. The number of nitrogens with one attached hydrogen (secondary N) is 1. The molecule has 0 aromatic heterocycles. The molecule has 0 saturated heterocycles. The molecule has 1 fully saturated rings. The van der Waals surface area contributed by atoms with Crippen molar-refractivity contribution in [1.82, 2.24) is 10.2 Å². The van der Waals surface area contributed by atoms with Gasteiger partial charge in [-0.3, -0.25) is 9.59 Å². The Morgan fingerprint density at radius 3 is 2.22 bits per heavy atom. The van der Waals surface area contributed by atoms with E-state index in [0.717, 1.165) is 47.9 Å². The van der Waals surface area contributed by atoms with Gasteiger partial charge >= 0.3 is 0 Å². The maximum absolute atomic E-state index is 14.2. The van der Waals surface area contributed by atoms with Gasteiger partial charge in [-0.25, -0.2) is 0 Å². The van der Waals surface area contributed by atoms with Crippen molar-refractivity contribution >= 4 is 11.8 Å². The third-order valence-electron chi connectivity index (χ3n) is 7.97. The topological polar surface area (TPSA) is 67.9 Å². The summed E-state index contributed by atoms with van der Waals surface area (Å²) in [7, 11) is 1.60. The van der Waals surface area contributed by atoms with Crippen LogP contribution in [0.4, 0.5) is 0 Å². The fourth-order valence-electron chi connectivity index (χ4n) is 6.20. The highest BCUT2D eigenvalue weighted by molar-refractivity contribution is 5.94. The first-order chi connectivity index (χ1) is 18.1. The molecule has 6 rings (SSSR count). The van der Waals surface area contributed by atoms with Gasteiger partial charge in [-0.15, -0.1) is 0 Å². The van der Waals surface area contributed by atoms with Gasteiger partial charge in [-0.05, 0) is 60.2 Å². The zero-order valence-corrected chi connectivity index (χ0v) is 21.3. The molecule has 1 heterocycles. The first kappa shape index (κ1) is 23.6. The van der Waals surface area contributed by atoms with Crippen LogP contribution in [0.3, 0.4) is 0 Å². The van der Waals surface area contributed by atoms with Gasteiger partial charge < -0.3 is 19.7 Å². The summed E-state index contributed by atoms with van der Waals surface area (Å²) >= 11 is 0. The van der Waals surface area contributed by atoms with Crippen molar-refractivity contribution in [3.63, 3.8) is 0 Å². The average molecular weight is 497 g/mol. The summed E-state index contributed by atoms with van der Waals surface area (Å²) in [4.78, 5) is 30.2. The third-order valence-corrected chi connectivity index (χ3v) is 7.97. The van der Waals surface area contributed by atoms with Crippen LogP contribution in [0.1, 0.15) is 67.8 Å². The Morgan fingerprint density at radius 2 is 1.57 bits per heavy atom. The molecule has 1 saturated carbocycles. The second-order valence-electron chi connectivity index (χ2n) is 10.2. The fraction of sp³-hybridized carbons (Fsp3) is 0.355. The van der Waals surface area contributed by atoms with Crippen molar-refractivity contribution in [1.29, 1.82) is 0 Å². The summed E-state index contributed by atoms with van der Waals surface area (Å²) in [6, 6.07) is 20.6. The predicted octanol–water partition coefficient (Wildman–Crippen LogP) is 5.56. The minimum absolute atomic E-state index is 0.108. The SMILES string of the molecule is COc1ccc2c(c1)C(C(=O)NC1CCCCC1)N(C1c3ccccc3-c3ccccc31)C(=O)C(C)O2. The Bertz CT molecular complexity index is 1300. The lowest BCUT2D eigenvalue weighted by Gasteiger charge is -2.37. The van der Waals surface area contributed by atoms with Crippen LogP contribution in [-0.2, 0) is 9.59 Å². The molecule has 3 aromatic rings. The van der Waals surface area contributed by atoms with Crippen LogP contribution in [0, 0.1) is 0 Å². The lowest BCUT2D eigenvalue weighted by molar-refractivity contribution is -0.146. The molecular formula is C31H32N2O4. The number of ether oxygens (including phenoxy) is 2. The Kier molecular flexibility index (Phi) is 6.11. The second kappa shape index (κ2) is 9.58. The van der Waals surface area contributed by atoms with Crippen LogP contribution < -0.4 is 14.8 Å². The van der Waals surface area contributed by atoms with E-state index in [1.165, 1.54) is 6.42 Å². The number of methoxy groups -OCH3 is 1. The minimum Gasteiger partial charge on any atom is -0.497 e. The van der Waals surface area contributed by atoms with Crippen molar-refractivity contribution in [3.8, 4) is 22.6 Å². The summed E-state index contributed by atoms with van der Waals surface area (Å²) in [5.41, 5.74) is 4.86. The maximum Gasteiger partial charge on any atom is 0.265 e. The number of carbonyl (C=O) groups excluding carboxylic acids is 2. The van der Waals surface area contributed by atoms with Gasteiger partial charge in [0.2, 0.25) is 5.91 Å². The fourth-order valence-corrected chi connectivity index (χ4v) is 6.20. The van der Waals surface area contributed by atoms with E-state index in [-0.39, 0.29) is 17.9 Å². The van der Waals surface area contributed by atoms with E-state index >= 15 is 0 Å². The lowest BCUT2D eigenvalue weighted by Crippen LogP contribution is -2.49. The summed E-state index contributed by atoms with van der Waals surface area (Å²) in [5.74, 6) is 0.768. The van der Waals surface area contributed by atoms with Crippen LogP contribution >= 0.6 is 0 Å². The van der Waals surface area contributed by atoms with Gasteiger partial charge in [0.25, 0.3) is 5.91 Å². The molecule has 1 aliphatic heterocycles. The highest BCUT2D eigenvalue weighted by Gasteiger charge is 2.47. The first-order valence-corrected chi connectivity index (χ1v) is 13.2. The zero-order chi connectivity index (χ0) is 25.5. The molecule has 0 radical (unpaired) electrons. The minimum atomic E-state index is -0.867. The molecule has 2 atom stereocenters. The van der Waals surface area contributed by atoms with Gasteiger partial charge in [-0.2, -0.15) is 0 Å². The number of carbonyl (C=O) groups is 2. The highest BCUT2D eigenvalue weighted by Crippen LogP contribution is 2.50. The second-order valence-corrected chi connectivity index (χ2v) is 10.2.